The summed E-state index contributed by atoms with van der Waals surface area (Å²) in [4.78, 5) is 26.0. The molecule has 2 rings (SSSR count). The molecule has 0 spiro atoms. The Balaban J connectivity index is 0.00000364. The Bertz CT molecular complexity index is 724. The highest BCUT2D eigenvalue weighted by Crippen LogP contribution is 2.07. The third kappa shape index (κ3) is 9.18. The second-order valence-corrected chi connectivity index (χ2v) is 6.37. The molecular weight excluding hydrogens is 403 g/mol. The number of likely N-dealkylation sites (N-methyl/N-ethyl adjacent to an activating group) is 1. The number of rotatable bonds is 9. The van der Waals surface area contributed by atoms with Crippen molar-refractivity contribution >= 4 is 42.3 Å². The maximum absolute atomic E-state index is 12.2. The van der Waals surface area contributed by atoms with Crippen molar-refractivity contribution in [1.29, 1.82) is 0 Å². The minimum Gasteiger partial charge on any atom is -0.353 e. The Morgan fingerprint density at radius 3 is 2.54 bits per heavy atom. The zero-order valence-electron chi connectivity index (χ0n) is 16.0. The third-order valence-corrected chi connectivity index (χ3v) is 3.72. The Hall–Kier alpha value is -2.13. The molecule has 0 radical (unpaired) electrons. The Morgan fingerprint density at radius 1 is 1.21 bits per heavy atom. The van der Waals surface area contributed by atoms with Gasteiger partial charge < -0.3 is 21.3 Å². The predicted molar refractivity (Wildman–Crippen MR) is 115 cm³/mol. The monoisotopic (exact) mass is 430 g/mol. The van der Waals surface area contributed by atoms with Gasteiger partial charge in [0.1, 0.15) is 6.54 Å². The second kappa shape index (κ2) is 13.1. The molecule has 0 saturated carbocycles. The molecule has 1 heterocycles. The molecule has 1 unspecified atom stereocenters. The molecule has 156 valence electrons. The number of hydrogen-bond acceptors (Lipinski definition) is 5. The van der Waals surface area contributed by atoms with Crippen LogP contribution in [0.2, 0.25) is 0 Å². The zero-order valence-corrected chi connectivity index (χ0v) is 17.6. The highest BCUT2D eigenvalue weighted by molar-refractivity contribution is 5.94. The van der Waals surface area contributed by atoms with Crippen molar-refractivity contribution < 1.29 is 9.59 Å². The average Bonchev–Trinajstić information content (AvgIpc) is 3.02. The van der Waals surface area contributed by atoms with Crippen LogP contribution in [-0.2, 0) is 22.6 Å². The van der Waals surface area contributed by atoms with Crippen LogP contribution in [0.15, 0.2) is 42.7 Å². The number of halogens is 2. The normalized spacial score (nSPS) is 11.1. The molecule has 8 nitrogen and oxygen atoms in total. The molecule has 0 fully saturated rings. The van der Waals surface area contributed by atoms with Gasteiger partial charge in [-0.25, -0.2) is 0 Å². The lowest BCUT2D eigenvalue weighted by Crippen LogP contribution is -2.37. The number of aromatic nitrogens is 2. The lowest BCUT2D eigenvalue weighted by atomic mass is 10.1. The molecule has 2 aromatic rings. The quantitative estimate of drug-likeness (QED) is 0.548. The Kier molecular flexibility index (Phi) is 12.1. The van der Waals surface area contributed by atoms with Gasteiger partial charge in [-0.1, -0.05) is 30.3 Å². The number of nitrogens with one attached hydrogen (secondary N) is 2. The number of hydrogen-bond donors (Lipinski definition) is 3. The number of benzene rings is 1. The lowest BCUT2D eigenvalue weighted by molar-refractivity contribution is -0.121. The Morgan fingerprint density at radius 2 is 1.89 bits per heavy atom. The lowest BCUT2D eigenvalue weighted by Gasteiger charge is -2.11. The van der Waals surface area contributed by atoms with Crippen LogP contribution in [0, 0.1) is 0 Å². The van der Waals surface area contributed by atoms with Crippen molar-refractivity contribution in [3.63, 3.8) is 0 Å². The summed E-state index contributed by atoms with van der Waals surface area (Å²) in [6.45, 7) is 1.44. The van der Waals surface area contributed by atoms with E-state index >= 15 is 0 Å². The molecule has 10 heteroatoms. The van der Waals surface area contributed by atoms with Gasteiger partial charge in [-0.15, -0.1) is 24.8 Å². The molecule has 2 amide bonds. The van der Waals surface area contributed by atoms with Crippen LogP contribution >= 0.6 is 24.8 Å². The van der Waals surface area contributed by atoms with Crippen LogP contribution in [-0.4, -0.2) is 59.7 Å². The van der Waals surface area contributed by atoms with E-state index in [1.54, 1.807) is 6.20 Å². The average molecular weight is 431 g/mol. The molecular formula is C18H28Cl2N6O2. The van der Waals surface area contributed by atoms with Gasteiger partial charge in [0.2, 0.25) is 11.8 Å². The standard InChI is InChI=1S/C18H26N6O2.2ClH/c1-23(2)9-8-20-17(25)13-24-12-15(11-21-24)22-18(26)16(19)10-14-6-4-3-5-7-14;;/h3-7,11-12,16H,8-10,13,19H2,1-2H3,(H,20,25)(H,22,26);2*1H. The largest absolute Gasteiger partial charge is 0.353 e. The minimum absolute atomic E-state index is 0. The first kappa shape index (κ1) is 25.9. The van der Waals surface area contributed by atoms with Gasteiger partial charge in [0.15, 0.2) is 0 Å². The number of amides is 2. The summed E-state index contributed by atoms with van der Waals surface area (Å²) in [6, 6.07) is 8.94. The van der Waals surface area contributed by atoms with Crippen molar-refractivity contribution in [3.05, 3.63) is 48.3 Å². The number of nitrogens with zero attached hydrogens (tertiary/aromatic N) is 3. The van der Waals surface area contributed by atoms with Crippen molar-refractivity contribution in [1.82, 2.24) is 20.0 Å². The molecule has 0 bridgehead atoms. The summed E-state index contributed by atoms with van der Waals surface area (Å²) in [7, 11) is 3.88. The summed E-state index contributed by atoms with van der Waals surface area (Å²) >= 11 is 0. The molecule has 0 aliphatic carbocycles. The highest BCUT2D eigenvalue weighted by atomic mass is 35.5. The SMILES string of the molecule is CN(C)CCNC(=O)Cn1cc(NC(=O)C(N)Cc2ccccc2)cn1.Cl.Cl. The van der Waals surface area contributed by atoms with E-state index in [2.05, 4.69) is 15.7 Å². The number of nitrogens with two attached hydrogens (primary N) is 1. The van der Waals surface area contributed by atoms with Crippen molar-refractivity contribution in [2.75, 3.05) is 32.5 Å². The summed E-state index contributed by atoms with van der Waals surface area (Å²) in [5.74, 6) is -0.419. The molecule has 1 aromatic carbocycles. The number of anilines is 1. The fourth-order valence-corrected chi connectivity index (χ4v) is 2.33. The molecule has 0 saturated heterocycles. The number of carbonyl (C=O) groups excluding carboxylic acids is 2. The minimum atomic E-state index is -0.657. The van der Waals surface area contributed by atoms with E-state index in [0.29, 0.717) is 18.7 Å². The van der Waals surface area contributed by atoms with E-state index in [4.69, 9.17) is 5.73 Å². The van der Waals surface area contributed by atoms with Crippen molar-refractivity contribution in [2.24, 2.45) is 5.73 Å². The van der Waals surface area contributed by atoms with Crippen LogP contribution in [0.4, 0.5) is 5.69 Å². The molecule has 28 heavy (non-hydrogen) atoms. The number of carbonyl (C=O) groups is 2. The fraction of sp³-hybridized carbons (Fsp3) is 0.389. The summed E-state index contributed by atoms with van der Waals surface area (Å²) < 4.78 is 1.48. The van der Waals surface area contributed by atoms with Crippen molar-refractivity contribution in [2.45, 2.75) is 19.0 Å². The molecule has 1 atom stereocenters. The smallest absolute Gasteiger partial charge is 0.241 e. The molecule has 0 aliphatic heterocycles. The van der Waals surface area contributed by atoms with Crippen LogP contribution in [0.3, 0.4) is 0 Å². The molecule has 0 aliphatic rings. The van der Waals surface area contributed by atoms with Gasteiger partial charge in [-0.2, -0.15) is 5.10 Å². The van der Waals surface area contributed by atoms with Crippen LogP contribution in [0.25, 0.3) is 0 Å². The van der Waals surface area contributed by atoms with E-state index in [0.717, 1.165) is 12.1 Å². The maximum Gasteiger partial charge on any atom is 0.241 e. The molecule has 1 aromatic heterocycles. The van der Waals surface area contributed by atoms with Gasteiger partial charge in [-0.05, 0) is 26.1 Å². The van der Waals surface area contributed by atoms with Gasteiger partial charge in [-0.3, -0.25) is 14.3 Å². The van der Waals surface area contributed by atoms with Gasteiger partial charge in [0.25, 0.3) is 0 Å². The zero-order chi connectivity index (χ0) is 18.9. The first-order valence-corrected chi connectivity index (χ1v) is 8.48. The van der Waals surface area contributed by atoms with Gasteiger partial charge >= 0.3 is 0 Å². The second-order valence-electron chi connectivity index (χ2n) is 6.37. The summed E-state index contributed by atoms with van der Waals surface area (Å²) in [5, 5.41) is 9.62. The van der Waals surface area contributed by atoms with E-state index in [1.165, 1.54) is 10.9 Å². The summed E-state index contributed by atoms with van der Waals surface area (Å²) in [6.07, 6.45) is 3.56. The maximum atomic E-state index is 12.2. The van der Waals surface area contributed by atoms with E-state index in [9.17, 15) is 9.59 Å². The fourth-order valence-electron chi connectivity index (χ4n) is 2.33. The first-order valence-electron chi connectivity index (χ1n) is 8.48. The van der Waals surface area contributed by atoms with Crippen LogP contribution in [0.1, 0.15) is 5.56 Å². The predicted octanol–water partition coefficient (Wildman–Crippen LogP) is 0.913. The van der Waals surface area contributed by atoms with E-state index < -0.39 is 6.04 Å². The van der Waals surface area contributed by atoms with E-state index in [-0.39, 0.29) is 43.2 Å². The van der Waals surface area contributed by atoms with Crippen LogP contribution < -0.4 is 16.4 Å². The Labute approximate surface area is 177 Å². The topological polar surface area (TPSA) is 105 Å². The van der Waals surface area contributed by atoms with E-state index in [1.807, 2.05) is 49.3 Å². The highest BCUT2D eigenvalue weighted by Gasteiger charge is 2.15. The van der Waals surface area contributed by atoms with Crippen LogP contribution in [0.5, 0.6) is 0 Å². The van der Waals surface area contributed by atoms with Crippen molar-refractivity contribution in [3.8, 4) is 0 Å². The van der Waals surface area contributed by atoms with Gasteiger partial charge in [0.05, 0.1) is 17.9 Å². The first-order chi connectivity index (χ1) is 12.4. The molecule has 4 N–H and O–H groups in total. The summed E-state index contributed by atoms with van der Waals surface area (Å²) in [5.41, 5.74) is 7.47. The van der Waals surface area contributed by atoms with Gasteiger partial charge in [0, 0.05) is 19.3 Å². The third-order valence-electron chi connectivity index (χ3n) is 3.72.